The molecular formula is C34H38. The second-order valence-corrected chi connectivity index (χ2v) is 12.5. The summed E-state index contributed by atoms with van der Waals surface area (Å²) >= 11 is 0. The lowest BCUT2D eigenvalue weighted by Gasteiger charge is -2.41. The first-order valence-electron chi connectivity index (χ1n) is 12.7. The normalized spacial score (nSPS) is 17.6. The molecular weight excluding hydrogens is 408 g/mol. The number of allylic oxidation sites excluding steroid dienone is 4. The Morgan fingerprint density at radius 2 is 1.00 bits per heavy atom. The summed E-state index contributed by atoms with van der Waals surface area (Å²) in [5.41, 5.74) is 10.1. The molecule has 3 aromatic rings. The number of hydrogen-bond acceptors (Lipinski definition) is 0. The van der Waals surface area contributed by atoms with Crippen molar-refractivity contribution >= 4 is 0 Å². The predicted molar refractivity (Wildman–Crippen MR) is 147 cm³/mol. The molecule has 2 aliphatic rings. The molecule has 0 radical (unpaired) electrons. The standard InChI is InChI=1S/C34H38/c1-32(2,3)25-17-19-27-29(21-25)30-22-26(33(4,5)6)18-20-28(30)31(27)34(7,24-15-11-12-16-24)23-13-9-8-10-14-23/h8-22,24,31H,1-7H3. The first-order valence-corrected chi connectivity index (χ1v) is 12.7. The van der Waals surface area contributed by atoms with E-state index in [9.17, 15) is 0 Å². The van der Waals surface area contributed by atoms with E-state index in [0.717, 1.165) is 0 Å². The third-order valence-corrected chi connectivity index (χ3v) is 8.19. The van der Waals surface area contributed by atoms with Gasteiger partial charge in [0.05, 0.1) is 0 Å². The van der Waals surface area contributed by atoms with Crippen LogP contribution in [0.25, 0.3) is 11.1 Å². The highest BCUT2D eigenvalue weighted by Crippen LogP contribution is 2.58. The van der Waals surface area contributed by atoms with Crippen LogP contribution in [0.2, 0.25) is 0 Å². The average molecular weight is 447 g/mol. The van der Waals surface area contributed by atoms with E-state index in [2.05, 4.69) is 140 Å². The molecule has 5 rings (SSSR count). The maximum atomic E-state index is 2.48. The van der Waals surface area contributed by atoms with Crippen LogP contribution >= 0.6 is 0 Å². The van der Waals surface area contributed by atoms with Crippen LogP contribution in [0.4, 0.5) is 0 Å². The molecule has 0 fully saturated rings. The monoisotopic (exact) mass is 446 g/mol. The average Bonchev–Trinajstić information content (AvgIpc) is 3.44. The molecule has 1 unspecified atom stereocenters. The van der Waals surface area contributed by atoms with Gasteiger partial charge < -0.3 is 0 Å². The van der Waals surface area contributed by atoms with Crippen LogP contribution in [0.1, 0.15) is 82.2 Å². The number of benzene rings is 3. The van der Waals surface area contributed by atoms with Gasteiger partial charge in [-0.15, -0.1) is 0 Å². The van der Waals surface area contributed by atoms with Crippen molar-refractivity contribution < 1.29 is 0 Å². The van der Waals surface area contributed by atoms with Crippen molar-refractivity contribution in [1.82, 2.24) is 0 Å². The summed E-state index contributed by atoms with van der Waals surface area (Å²) in [6.45, 7) is 16.4. The summed E-state index contributed by atoms with van der Waals surface area (Å²) in [7, 11) is 0. The first-order chi connectivity index (χ1) is 16.0. The molecule has 0 amide bonds. The van der Waals surface area contributed by atoms with Crippen LogP contribution < -0.4 is 0 Å². The van der Waals surface area contributed by atoms with Crippen LogP contribution in [0.5, 0.6) is 0 Å². The highest BCUT2D eigenvalue weighted by molar-refractivity contribution is 5.81. The Hall–Kier alpha value is -2.86. The molecule has 0 bridgehead atoms. The summed E-state index contributed by atoms with van der Waals surface area (Å²) < 4.78 is 0. The maximum absolute atomic E-state index is 2.48. The summed E-state index contributed by atoms with van der Waals surface area (Å²) in [5, 5.41) is 0. The van der Waals surface area contributed by atoms with Gasteiger partial charge in [-0.05, 0) is 49.8 Å². The van der Waals surface area contributed by atoms with Crippen LogP contribution in [0.3, 0.4) is 0 Å². The molecule has 174 valence electrons. The Morgan fingerprint density at radius 3 is 1.44 bits per heavy atom. The van der Waals surface area contributed by atoms with Gasteiger partial charge in [0.15, 0.2) is 0 Å². The van der Waals surface area contributed by atoms with E-state index in [1.165, 1.54) is 38.9 Å². The van der Waals surface area contributed by atoms with Gasteiger partial charge in [0.25, 0.3) is 0 Å². The van der Waals surface area contributed by atoms with E-state index in [-0.39, 0.29) is 16.2 Å². The molecule has 0 saturated heterocycles. The van der Waals surface area contributed by atoms with E-state index >= 15 is 0 Å². The minimum absolute atomic E-state index is 0.0861. The van der Waals surface area contributed by atoms with Crippen LogP contribution in [0.15, 0.2) is 91.0 Å². The fourth-order valence-corrected chi connectivity index (χ4v) is 6.01. The molecule has 0 aromatic heterocycles. The molecule has 1 atom stereocenters. The van der Waals surface area contributed by atoms with Gasteiger partial charge in [-0.2, -0.15) is 0 Å². The number of fused-ring (bicyclic) bond motifs is 3. The lowest BCUT2D eigenvalue weighted by atomic mass is 9.61. The molecule has 0 saturated carbocycles. The summed E-state index contributed by atoms with van der Waals surface area (Å²) in [5.74, 6) is 0.642. The summed E-state index contributed by atoms with van der Waals surface area (Å²) in [6.07, 6.45) is 9.21. The molecule has 0 aliphatic heterocycles. The van der Waals surface area contributed by atoms with Crippen molar-refractivity contribution in [2.75, 3.05) is 0 Å². The fourth-order valence-electron chi connectivity index (χ4n) is 6.01. The maximum Gasteiger partial charge on any atom is 0.0205 e. The molecule has 34 heavy (non-hydrogen) atoms. The van der Waals surface area contributed by atoms with Gasteiger partial charge in [-0.1, -0.05) is 140 Å². The van der Waals surface area contributed by atoms with Crippen LogP contribution in [0, 0.1) is 5.92 Å². The lowest BCUT2D eigenvalue weighted by molar-refractivity contribution is 0.360. The molecule has 0 spiro atoms. The van der Waals surface area contributed by atoms with Crippen molar-refractivity contribution in [3.63, 3.8) is 0 Å². The fraction of sp³-hybridized carbons (Fsp3) is 0.353. The Labute approximate surface area is 206 Å². The SMILES string of the molecule is CC(C)(C)c1ccc2c(c1)-c1cc(C(C)(C)C)ccc1C2C(C)(c1ccccc1)C1C=CC=C1. The van der Waals surface area contributed by atoms with Gasteiger partial charge in [0.1, 0.15) is 0 Å². The molecule has 3 aromatic carbocycles. The number of rotatable bonds is 3. The van der Waals surface area contributed by atoms with E-state index in [4.69, 9.17) is 0 Å². The van der Waals surface area contributed by atoms with Gasteiger partial charge in [0.2, 0.25) is 0 Å². The van der Waals surface area contributed by atoms with Crippen molar-refractivity contribution in [2.45, 2.75) is 70.6 Å². The van der Waals surface area contributed by atoms with Crippen molar-refractivity contribution in [2.24, 2.45) is 5.92 Å². The molecule has 0 nitrogen and oxygen atoms in total. The predicted octanol–water partition coefficient (Wildman–Crippen LogP) is 9.09. The zero-order chi connectivity index (χ0) is 24.3. The Bertz CT molecular complexity index is 1200. The van der Waals surface area contributed by atoms with Gasteiger partial charge in [0, 0.05) is 17.3 Å². The van der Waals surface area contributed by atoms with Gasteiger partial charge in [-0.3, -0.25) is 0 Å². The van der Waals surface area contributed by atoms with E-state index in [0.29, 0.717) is 11.8 Å². The summed E-state index contributed by atoms with van der Waals surface area (Å²) in [4.78, 5) is 0. The smallest absolute Gasteiger partial charge is 0.0205 e. The Kier molecular flexibility index (Phi) is 5.28. The van der Waals surface area contributed by atoms with E-state index in [1.807, 2.05) is 0 Å². The first kappa shape index (κ1) is 22.9. The highest BCUT2D eigenvalue weighted by Gasteiger charge is 2.47. The van der Waals surface area contributed by atoms with Gasteiger partial charge in [-0.25, -0.2) is 0 Å². The van der Waals surface area contributed by atoms with Crippen molar-refractivity contribution in [3.8, 4) is 11.1 Å². The third-order valence-electron chi connectivity index (χ3n) is 8.19. The zero-order valence-electron chi connectivity index (χ0n) is 21.8. The topological polar surface area (TPSA) is 0 Å². The zero-order valence-corrected chi connectivity index (χ0v) is 21.8. The summed E-state index contributed by atoms with van der Waals surface area (Å²) in [6, 6.07) is 25.7. The van der Waals surface area contributed by atoms with Crippen LogP contribution in [-0.2, 0) is 16.2 Å². The minimum atomic E-state index is -0.0861. The Morgan fingerprint density at radius 1 is 0.529 bits per heavy atom. The minimum Gasteiger partial charge on any atom is -0.0767 e. The second-order valence-electron chi connectivity index (χ2n) is 12.5. The largest absolute Gasteiger partial charge is 0.0767 e. The lowest BCUT2D eigenvalue weighted by Crippen LogP contribution is -2.36. The highest BCUT2D eigenvalue weighted by atomic mass is 14.5. The second kappa shape index (κ2) is 7.84. The van der Waals surface area contributed by atoms with Crippen molar-refractivity contribution in [1.29, 1.82) is 0 Å². The quantitative estimate of drug-likeness (QED) is 0.376. The molecule has 2 aliphatic carbocycles. The Balaban J connectivity index is 1.81. The molecule has 0 heterocycles. The van der Waals surface area contributed by atoms with Crippen molar-refractivity contribution in [3.05, 3.63) is 119 Å². The van der Waals surface area contributed by atoms with E-state index < -0.39 is 0 Å². The van der Waals surface area contributed by atoms with E-state index in [1.54, 1.807) is 0 Å². The molecule has 0 N–H and O–H groups in total. The van der Waals surface area contributed by atoms with Crippen LogP contribution in [-0.4, -0.2) is 0 Å². The van der Waals surface area contributed by atoms with Gasteiger partial charge >= 0.3 is 0 Å². The number of hydrogen-bond donors (Lipinski definition) is 0. The molecule has 0 heteroatoms. The third kappa shape index (κ3) is 3.59.